The van der Waals surface area contributed by atoms with Gasteiger partial charge in [0.2, 0.25) is 11.5 Å². The predicted molar refractivity (Wildman–Crippen MR) is 71.0 cm³/mol. The summed E-state index contributed by atoms with van der Waals surface area (Å²) in [5.41, 5.74) is -1.29. The standard InChI is InChI=1S/C14H12O7/c1-5-9(16)8(13(20)14(21)10(5)17)12(19)6-3-2-4-7(15)11(6)18/h2-4,15-18,20-21H,1H3. The predicted octanol–water partition coefficient (Wildman–Crippen LogP) is 1.46. The molecule has 21 heavy (non-hydrogen) atoms. The Morgan fingerprint density at radius 2 is 1.43 bits per heavy atom. The van der Waals surface area contributed by atoms with Crippen LogP contribution in [-0.2, 0) is 0 Å². The molecule has 7 heteroatoms. The van der Waals surface area contributed by atoms with E-state index >= 15 is 0 Å². The Bertz CT molecular complexity index is 720. The molecule has 0 saturated carbocycles. The first kappa shape index (κ1) is 14.3. The number of aromatic hydroxyl groups is 6. The van der Waals surface area contributed by atoms with Crippen molar-refractivity contribution in [3.63, 3.8) is 0 Å². The molecule has 0 radical (unpaired) electrons. The summed E-state index contributed by atoms with van der Waals surface area (Å²) >= 11 is 0. The fourth-order valence-corrected chi connectivity index (χ4v) is 1.88. The number of para-hydroxylation sites is 1. The minimum absolute atomic E-state index is 0.215. The average molecular weight is 292 g/mol. The zero-order valence-electron chi connectivity index (χ0n) is 10.8. The lowest BCUT2D eigenvalue weighted by atomic mass is 9.97. The largest absolute Gasteiger partial charge is 0.507 e. The number of benzene rings is 2. The van der Waals surface area contributed by atoms with Crippen LogP contribution >= 0.6 is 0 Å². The SMILES string of the molecule is Cc1c(O)c(O)c(O)c(C(=O)c2cccc(O)c2O)c1O. The molecule has 0 unspecified atom stereocenters. The quantitative estimate of drug-likeness (QED) is 0.280. The number of phenols is 6. The zero-order chi connectivity index (χ0) is 15.9. The van der Waals surface area contributed by atoms with Crippen molar-refractivity contribution in [1.29, 1.82) is 0 Å². The second-order valence-corrected chi connectivity index (χ2v) is 4.40. The van der Waals surface area contributed by atoms with Crippen LogP contribution in [0, 0.1) is 6.92 Å². The van der Waals surface area contributed by atoms with Crippen LogP contribution in [0.4, 0.5) is 0 Å². The summed E-state index contributed by atoms with van der Waals surface area (Å²) in [6.45, 7) is 1.23. The van der Waals surface area contributed by atoms with E-state index in [0.29, 0.717) is 0 Å². The van der Waals surface area contributed by atoms with Gasteiger partial charge in [-0.05, 0) is 19.1 Å². The minimum atomic E-state index is -1.03. The molecule has 0 saturated heterocycles. The van der Waals surface area contributed by atoms with Gasteiger partial charge in [0.25, 0.3) is 0 Å². The summed E-state index contributed by atoms with van der Waals surface area (Å²) in [6, 6.07) is 3.59. The van der Waals surface area contributed by atoms with Crippen LogP contribution in [0.2, 0.25) is 0 Å². The highest BCUT2D eigenvalue weighted by Crippen LogP contribution is 2.47. The van der Waals surface area contributed by atoms with Crippen molar-refractivity contribution >= 4 is 5.78 Å². The van der Waals surface area contributed by atoms with Gasteiger partial charge in [0.15, 0.2) is 23.0 Å². The summed E-state index contributed by atoms with van der Waals surface area (Å²) < 4.78 is 0. The molecule has 110 valence electrons. The third-order valence-corrected chi connectivity index (χ3v) is 3.12. The number of phenolic OH excluding ortho intramolecular Hbond substituents is 6. The van der Waals surface area contributed by atoms with Gasteiger partial charge in [0.05, 0.1) is 5.56 Å². The van der Waals surface area contributed by atoms with Gasteiger partial charge in [-0.2, -0.15) is 0 Å². The zero-order valence-corrected chi connectivity index (χ0v) is 10.8. The van der Waals surface area contributed by atoms with Crippen LogP contribution in [0.3, 0.4) is 0 Å². The van der Waals surface area contributed by atoms with E-state index in [1.165, 1.54) is 13.0 Å². The van der Waals surface area contributed by atoms with Crippen LogP contribution in [0.15, 0.2) is 18.2 Å². The first-order valence-electron chi connectivity index (χ1n) is 5.79. The molecule has 0 bridgehead atoms. The van der Waals surface area contributed by atoms with Crippen molar-refractivity contribution in [1.82, 2.24) is 0 Å². The van der Waals surface area contributed by atoms with Crippen LogP contribution in [0.25, 0.3) is 0 Å². The maximum Gasteiger partial charge on any atom is 0.204 e. The molecule has 0 aliphatic carbocycles. The summed E-state index contributed by atoms with van der Waals surface area (Å²) in [4.78, 5) is 12.3. The lowest BCUT2D eigenvalue weighted by Gasteiger charge is -2.13. The van der Waals surface area contributed by atoms with Gasteiger partial charge in [-0.1, -0.05) is 6.07 Å². The summed E-state index contributed by atoms with van der Waals surface area (Å²) in [5, 5.41) is 57.7. The molecule has 0 spiro atoms. The van der Waals surface area contributed by atoms with Crippen LogP contribution < -0.4 is 0 Å². The molecule has 0 heterocycles. The average Bonchev–Trinajstić information content (AvgIpc) is 2.46. The van der Waals surface area contributed by atoms with E-state index < -0.39 is 45.8 Å². The molecular formula is C14H12O7. The number of carbonyl (C=O) groups is 1. The molecule has 0 aliphatic heterocycles. The van der Waals surface area contributed by atoms with Gasteiger partial charge in [-0.3, -0.25) is 4.79 Å². The van der Waals surface area contributed by atoms with Gasteiger partial charge < -0.3 is 30.6 Å². The van der Waals surface area contributed by atoms with Crippen molar-refractivity contribution in [2.75, 3.05) is 0 Å². The molecule has 6 N–H and O–H groups in total. The molecule has 0 aromatic heterocycles. The summed E-state index contributed by atoms with van der Waals surface area (Å²) in [7, 11) is 0. The number of ketones is 1. The summed E-state index contributed by atoms with van der Waals surface area (Å²) in [6.07, 6.45) is 0. The Balaban J connectivity index is 2.73. The Labute approximate surface area is 118 Å². The van der Waals surface area contributed by atoms with Crippen LogP contribution in [0.5, 0.6) is 34.5 Å². The highest BCUT2D eigenvalue weighted by molar-refractivity contribution is 6.15. The topological polar surface area (TPSA) is 138 Å². The Morgan fingerprint density at radius 1 is 0.810 bits per heavy atom. The lowest BCUT2D eigenvalue weighted by Crippen LogP contribution is -2.04. The molecule has 7 nitrogen and oxygen atoms in total. The summed E-state index contributed by atoms with van der Waals surface area (Å²) in [5.74, 6) is -5.81. The van der Waals surface area contributed by atoms with Gasteiger partial charge in [-0.25, -0.2) is 0 Å². The van der Waals surface area contributed by atoms with E-state index in [2.05, 4.69) is 0 Å². The highest BCUT2D eigenvalue weighted by Gasteiger charge is 2.28. The maximum atomic E-state index is 12.3. The number of hydrogen-bond acceptors (Lipinski definition) is 7. The van der Waals surface area contributed by atoms with E-state index in [4.69, 9.17) is 0 Å². The van der Waals surface area contributed by atoms with Gasteiger partial charge >= 0.3 is 0 Å². The third kappa shape index (κ3) is 2.04. The van der Waals surface area contributed by atoms with Crippen molar-refractivity contribution in [3.05, 3.63) is 34.9 Å². The Kier molecular flexibility index (Phi) is 3.26. The van der Waals surface area contributed by atoms with E-state index in [9.17, 15) is 35.4 Å². The van der Waals surface area contributed by atoms with E-state index in [1.807, 2.05) is 0 Å². The number of carbonyl (C=O) groups excluding carboxylic acids is 1. The lowest BCUT2D eigenvalue weighted by molar-refractivity contribution is 0.102. The molecule has 0 aliphatic rings. The second kappa shape index (κ2) is 4.78. The van der Waals surface area contributed by atoms with Crippen molar-refractivity contribution < 1.29 is 35.4 Å². The van der Waals surface area contributed by atoms with Gasteiger partial charge in [0.1, 0.15) is 11.3 Å². The van der Waals surface area contributed by atoms with Crippen molar-refractivity contribution in [2.45, 2.75) is 6.92 Å². The molecule has 0 atom stereocenters. The third-order valence-electron chi connectivity index (χ3n) is 3.12. The molecule has 2 aromatic carbocycles. The molecule has 0 fully saturated rings. The number of rotatable bonds is 2. The van der Waals surface area contributed by atoms with E-state index in [-0.39, 0.29) is 11.1 Å². The molecular weight excluding hydrogens is 280 g/mol. The monoisotopic (exact) mass is 292 g/mol. The van der Waals surface area contributed by atoms with E-state index in [1.54, 1.807) is 0 Å². The fraction of sp³-hybridized carbons (Fsp3) is 0.0714. The van der Waals surface area contributed by atoms with Gasteiger partial charge in [0, 0.05) is 5.56 Å². The Hall–Kier alpha value is -3.09. The molecule has 0 amide bonds. The minimum Gasteiger partial charge on any atom is -0.507 e. The highest BCUT2D eigenvalue weighted by atomic mass is 16.3. The van der Waals surface area contributed by atoms with Crippen LogP contribution in [0.1, 0.15) is 21.5 Å². The first-order chi connectivity index (χ1) is 9.77. The smallest absolute Gasteiger partial charge is 0.204 e. The first-order valence-corrected chi connectivity index (χ1v) is 5.79. The molecule has 2 aromatic rings. The number of hydrogen-bond donors (Lipinski definition) is 6. The van der Waals surface area contributed by atoms with Crippen molar-refractivity contribution in [2.24, 2.45) is 0 Å². The normalized spacial score (nSPS) is 10.5. The molecule has 2 rings (SSSR count). The van der Waals surface area contributed by atoms with E-state index in [0.717, 1.165) is 12.1 Å². The maximum absolute atomic E-state index is 12.3. The van der Waals surface area contributed by atoms with Crippen LogP contribution in [-0.4, -0.2) is 36.4 Å². The second-order valence-electron chi connectivity index (χ2n) is 4.40. The fourth-order valence-electron chi connectivity index (χ4n) is 1.88. The van der Waals surface area contributed by atoms with Gasteiger partial charge in [-0.15, -0.1) is 0 Å². The van der Waals surface area contributed by atoms with Crippen molar-refractivity contribution in [3.8, 4) is 34.5 Å². The Morgan fingerprint density at radius 3 is 2.05 bits per heavy atom.